The van der Waals surface area contributed by atoms with Crippen LogP contribution < -0.4 is 5.32 Å². The smallest absolute Gasteiger partial charge is 0.252 e. The molecule has 0 aliphatic heterocycles. The molecule has 1 saturated carbocycles. The normalized spacial score (nSPS) is 13.6. The van der Waals surface area contributed by atoms with Crippen LogP contribution in [0.25, 0.3) is 11.1 Å². The van der Waals surface area contributed by atoms with Gasteiger partial charge in [0.1, 0.15) is 0 Å². The molecule has 3 heterocycles. The van der Waals surface area contributed by atoms with Crippen LogP contribution in [0.1, 0.15) is 34.8 Å². The topological polar surface area (TPSA) is 72.7 Å². The summed E-state index contributed by atoms with van der Waals surface area (Å²) in [7, 11) is 0. The van der Waals surface area contributed by atoms with Crippen LogP contribution in [0, 0.1) is 0 Å². The lowest BCUT2D eigenvalue weighted by molar-refractivity contribution is 0.0951. The second-order valence-electron chi connectivity index (χ2n) is 6.17. The van der Waals surface area contributed by atoms with Crippen LogP contribution in [-0.4, -0.2) is 32.2 Å². The number of nitrogens with one attached hydrogen (secondary N) is 1. The molecule has 0 spiro atoms. The molecule has 126 valence electrons. The van der Waals surface area contributed by atoms with E-state index in [4.69, 9.17) is 0 Å². The van der Waals surface area contributed by atoms with E-state index < -0.39 is 0 Å². The molecule has 1 amide bonds. The average molecular weight is 333 g/mol. The average Bonchev–Trinajstić information content (AvgIpc) is 3.43. The number of amides is 1. The van der Waals surface area contributed by atoms with Crippen LogP contribution in [0.5, 0.6) is 0 Å². The van der Waals surface area contributed by atoms with E-state index in [1.54, 1.807) is 36.9 Å². The van der Waals surface area contributed by atoms with Crippen LogP contribution in [-0.2, 0) is 6.54 Å². The first kappa shape index (κ1) is 15.5. The Kier molecular flexibility index (Phi) is 4.24. The Morgan fingerprint density at radius 2 is 1.96 bits per heavy atom. The Hall–Kier alpha value is -3.02. The van der Waals surface area contributed by atoms with Crippen LogP contribution in [0.3, 0.4) is 0 Å². The van der Waals surface area contributed by atoms with Gasteiger partial charge in [-0.05, 0) is 42.7 Å². The van der Waals surface area contributed by atoms with Gasteiger partial charge in [0.05, 0.1) is 18.3 Å². The third-order valence-electron chi connectivity index (χ3n) is 4.37. The number of carbonyl (C=O) groups is 1. The van der Waals surface area contributed by atoms with Crippen LogP contribution >= 0.6 is 0 Å². The predicted octanol–water partition coefficient (Wildman–Crippen LogP) is 2.65. The molecule has 0 unspecified atom stereocenters. The summed E-state index contributed by atoms with van der Waals surface area (Å²) < 4.78 is 2.02. The predicted molar refractivity (Wildman–Crippen MR) is 94.0 cm³/mol. The van der Waals surface area contributed by atoms with Crippen LogP contribution in [0.15, 0.2) is 55.2 Å². The molecule has 25 heavy (non-hydrogen) atoms. The number of pyridine rings is 2. The maximum Gasteiger partial charge on any atom is 0.252 e. The second-order valence-corrected chi connectivity index (χ2v) is 6.17. The van der Waals surface area contributed by atoms with Gasteiger partial charge in [-0.2, -0.15) is 5.10 Å². The first-order valence-electron chi connectivity index (χ1n) is 8.47. The minimum Gasteiger partial charge on any atom is -0.350 e. The monoisotopic (exact) mass is 333 g/mol. The fraction of sp³-hybridized carbons (Fsp3) is 0.263. The highest BCUT2D eigenvalue weighted by molar-refractivity contribution is 5.93. The SMILES string of the molecule is O=C(NCCn1ncc(-c2ccncc2)c1C1CC1)c1cccnc1. The van der Waals surface area contributed by atoms with Gasteiger partial charge in [-0.25, -0.2) is 0 Å². The lowest BCUT2D eigenvalue weighted by Gasteiger charge is -2.10. The van der Waals surface area contributed by atoms with Crippen molar-refractivity contribution in [3.8, 4) is 11.1 Å². The van der Waals surface area contributed by atoms with Gasteiger partial charge < -0.3 is 5.32 Å². The number of hydrogen-bond acceptors (Lipinski definition) is 4. The quantitative estimate of drug-likeness (QED) is 0.753. The summed E-state index contributed by atoms with van der Waals surface area (Å²) in [6.45, 7) is 1.19. The highest BCUT2D eigenvalue weighted by atomic mass is 16.1. The maximum absolute atomic E-state index is 12.1. The Bertz CT molecular complexity index is 856. The second kappa shape index (κ2) is 6.84. The number of carbonyl (C=O) groups excluding carboxylic acids is 1. The van der Waals surface area contributed by atoms with Gasteiger partial charge in [0.2, 0.25) is 0 Å². The van der Waals surface area contributed by atoms with Crippen molar-refractivity contribution in [2.24, 2.45) is 0 Å². The van der Waals surface area contributed by atoms with E-state index in [0.717, 1.165) is 5.56 Å². The van der Waals surface area contributed by atoms with Gasteiger partial charge in [0.15, 0.2) is 0 Å². The van der Waals surface area contributed by atoms with Crippen molar-refractivity contribution >= 4 is 5.91 Å². The molecule has 3 aromatic rings. The fourth-order valence-electron chi connectivity index (χ4n) is 2.99. The lowest BCUT2D eigenvalue weighted by Crippen LogP contribution is -2.28. The zero-order valence-electron chi connectivity index (χ0n) is 13.8. The molecule has 6 heteroatoms. The number of rotatable bonds is 6. The van der Waals surface area contributed by atoms with Gasteiger partial charge in [-0.1, -0.05) is 0 Å². The molecule has 4 rings (SSSR count). The highest BCUT2D eigenvalue weighted by Crippen LogP contribution is 2.44. The minimum atomic E-state index is -0.109. The van der Waals surface area contributed by atoms with Crippen molar-refractivity contribution in [3.63, 3.8) is 0 Å². The standard InChI is InChI=1S/C19H19N5O/c25-19(16-2-1-7-21-12-16)22-10-11-24-18(15-3-4-15)17(13-23-24)14-5-8-20-9-6-14/h1-2,5-9,12-13,15H,3-4,10-11H2,(H,22,25). The molecule has 0 bridgehead atoms. The fourth-order valence-corrected chi connectivity index (χ4v) is 2.99. The van der Waals surface area contributed by atoms with Crippen molar-refractivity contribution in [2.45, 2.75) is 25.3 Å². The van der Waals surface area contributed by atoms with Crippen molar-refractivity contribution in [1.82, 2.24) is 25.1 Å². The van der Waals surface area contributed by atoms with Gasteiger partial charge in [0, 0.05) is 48.5 Å². The van der Waals surface area contributed by atoms with E-state index >= 15 is 0 Å². The molecule has 1 N–H and O–H groups in total. The van der Waals surface area contributed by atoms with Crippen LogP contribution in [0.2, 0.25) is 0 Å². The molecule has 6 nitrogen and oxygen atoms in total. The van der Waals surface area contributed by atoms with Gasteiger partial charge in [0.25, 0.3) is 5.91 Å². The molecule has 1 aliphatic rings. The van der Waals surface area contributed by atoms with Gasteiger partial charge >= 0.3 is 0 Å². The van der Waals surface area contributed by atoms with E-state index in [-0.39, 0.29) is 5.91 Å². The third-order valence-corrected chi connectivity index (χ3v) is 4.37. The first-order chi connectivity index (χ1) is 12.3. The van der Waals surface area contributed by atoms with Crippen molar-refractivity contribution in [1.29, 1.82) is 0 Å². The van der Waals surface area contributed by atoms with Crippen molar-refractivity contribution < 1.29 is 4.79 Å². The highest BCUT2D eigenvalue weighted by Gasteiger charge is 2.30. The zero-order chi connectivity index (χ0) is 17.1. The Balaban J connectivity index is 1.46. The largest absolute Gasteiger partial charge is 0.350 e. The molecule has 0 atom stereocenters. The maximum atomic E-state index is 12.1. The Morgan fingerprint density at radius 1 is 1.12 bits per heavy atom. The molecular weight excluding hydrogens is 314 g/mol. The summed E-state index contributed by atoms with van der Waals surface area (Å²) >= 11 is 0. The van der Waals surface area contributed by atoms with Gasteiger partial charge in [-0.15, -0.1) is 0 Å². The molecule has 3 aromatic heterocycles. The minimum absolute atomic E-state index is 0.109. The molecule has 1 aliphatic carbocycles. The summed E-state index contributed by atoms with van der Waals surface area (Å²) in [5.74, 6) is 0.460. The van der Waals surface area contributed by atoms with E-state index in [0.29, 0.717) is 24.6 Å². The Labute approximate surface area is 145 Å². The van der Waals surface area contributed by atoms with Crippen molar-refractivity contribution in [2.75, 3.05) is 6.54 Å². The number of nitrogens with zero attached hydrogens (tertiary/aromatic N) is 4. The van der Waals surface area contributed by atoms with E-state index in [1.807, 2.05) is 23.0 Å². The first-order valence-corrected chi connectivity index (χ1v) is 8.47. The molecule has 0 aromatic carbocycles. The molecule has 0 radical (unpaired) electrons. The van der Waals surface area contributed by atoms with E-state index in [9.17, 15) is 4.79 Å². The summed E-state index contributed by atoms with van der Waals surface area (Å²) in [5.41, 5.74) is 4.15. The summed E-state index contributed by atoms with van der Waals surface area (Å²) in [5, 5.41) is 7.49. The molecular formula is C19H19N5O. The van der Waals surface area contributed by atoms with Crippen molar-refractivity contribution in [3.05, 3.63) is 66.5 Å². The van der Waals surface area contributed by atoms with Crippen LogP contribution in [0.4, 0.5) is 0 Å². The molecule has 0 saturated heterocycles. The van der Waals surface area contributed by atoms with E-state index in [2.05, 4.69) is 20.4 Å². The molecule has 1 fully saturated rings. The van der Waals surface area contributed by atoms with E-state index in [1.165, 1.54) is 24.1 Å². The van der Waals surface area contributed by atoms with Gasteiger partial charge in [-0.3, -0.25) is 19.4 Å². The third kappa shape index (κ3) is 3.42. The summed E-state index contributed by atoms with van der Waals surface area (Å²) in [6.07, 6.45) is 11.2. The number of hydrogen-bond donors (Lipinski definition) is 1. The Morgan fingerprint density at radius 3 is 2.68 bits per heavy atom. The lowest BCUT2D eigenvalue weighted by atomic mass is 10.1. The zero-order valence-corrected chi connectivity index (χ0v) is 13.8. The summed E-state index contributed by atoms with van der Waals surface area (Å²) in [4.78, 5) is 20.2. The number of aromatic nitrogens is 4. The summed E-state index contributed by atoms with van der Waals surface area (Å²) in [6, 6.07) is 7.54.